The Morgan fingerprint density at radius 2 is 2.00 bits per heavy atom. The molecule has 1 N–H and O–H groups in total. The van der Waals surface area contributed by atoms with Crippen LogP contribution in [0.25, 0.3) is 0 Å². The van der Waals surface area contributed by atoms with Crippen molar-refractivity contribution in [2.24, 2.45) is 0 Å². The van der Waals surface area contributed by atoms with Gasteiger partial charge in [0.15, 0.2) is 16.6 Å². The lowest BCUT2D eigenvalue weighted by molar-refractivity contribution is 0.112. The highest BCUT2D eigenvalue weighted by molar-refractivity contribution is 7.99. The molecule has 0 aromatic carbocycles. The van der Waals surface area contributed by atoms with Crippen molar-refractivity contribution in [1.29, 1.82) is 0 Å². The topological polar surface area (TPSA) is 88.6 Å². The smallest absolute Gasteiger partial charge is 0.251 e. The fraction of sp³-hybridized carbons (Fsp3) is 0. The quantitative estimate of drug-likeness (QED) is 0.615. The lowest BCUT2D eigenvalue weighted by atomic mass is 10.4. The fourth-order valence-electron chi connectivity index (χ4n) is 0.930. The highest BCUT2D eigenvalue weighted by Gasteiger charge is 2.02. The Balaban J connectivity index is 2.20. The number of H-pyrrole nitrogens is 1. The molecular formula is C9H6N4O2S. The minimum Gasteiger partial charge on any atom is -0.301 e. The Morgan fingerprint density at radius 3 is 2.62 bits per heavy atom. The molecule has 0 saturated carbocycles. The van der Waals surface area contributed by atoms with Gasteiger partial charge in [-0.15, -0.1) is 0 Å². The first-order valence-electron chi connectivity index (χ1n) is 4.28. The van der Waals surface area contributed by atoms with Gasteiger partial charge in [0.05, 0.1) is 5.56 Å². The van der Waals surface area contributed by atoms with Gasteiger partial charge in [0.2, 0.25) is 0 Å². The third kappa shape index (κ3) is 2.51. The zero-order chi connectivity index (χ0) is 11.4. The zero-order valence-electron chi connectivity index (χ0n) is 7.95. The molecule has 80 valence electrons. The molecule has 0 unspecified atom stereocenters. The molecule has 0 aliphatic rings. The second-order valence-electron chi connectivity index (χ2n) is 2.76. The summed E-state index contributed by atoms with van der Waals surface area (Å²) in [5.74, 6) is 0. The number of hydrogen-bond acceptors (Lipinski definition) is 6. The molecule has 2 aromatic rings. The zero-order valence-corrected chi connectivity index (χ0v) is 8.77. The van der Waals surface area contributed by atoms with Crippen molar-refractivity contribution in [2.45, 2.75) is 10.3 Å². The fourth-order valence-corrected chi connectivity index (χ4v) is 1.58. The molecule has 2 heterocycles. The van der Waals surface area contributed by atoms with E-state index in [2.05, 4.69) is 19.9 Å². The molecule has 0 fully saturated rings. The van der Waals surface area contributed by atoms with Gasteiger partial charge in [-0.1, -0.05) is 0 Å². The summed E-state index contributed by atoms with van der Waals surface area (Å²) in [6, 6.07) is 1.32. The number of aromatic amines is 1. The van der Waals surface area contributed by atoms with Crippen LogP contribution in [0.2, 0.25) is 0 Å². The molecule has 16 heavy (non-hydrogen) atoms. The van der Waals surface area contributed by atoms with Crippen molar-refractivity contribution >= 4 is 18.0 Å². The maximum Gasteiger partial charge on any atom is 0.251 e. The molecule has 0 bridgehead atoms. The van der Waals surface area contributed by atoms with Gasteiger partial charge in [0.25, 0.3) is 5.56 Å². The monoisotopic (exact) mass is 234 g/mol. The van der Waals surface area contributed by atoms with Crippen LogP contribution in [0.5, 0.6) is 0 Å². The first-order valence-corrected chi connectivity index (χ1v) is 5.10. The molecular weight excluding hydrogens is 228 g/mol. The highest BCUT2D eigenvalue weighted by Crippen LogP contribution is 2.18. The van der Waals surface area contributed by atoms with E-state index in [1.807, 2.05) is 0 Å². The van der Waals surface area contributed by atoms with E-state index < -0.39 is 0 Å². The van der Waals surface area contributed by atoms with Gasteiger partial charge in [-0.05, 0) is 11.8 Å². The molecule has 6 nitrogen and oxygen atoms in total. The summed E-state index contributed by atoms with van der Waals surface area (Å²) in [6.45, 7) is 0. The second-order valence-corrected chi connectivity index (χ2v) is 3.71. The van der Waals surface area contributed by atoms with E-state index in [0.29, 0.717) is 22.2 Å². The lowest BCUT2D eigenvalue weighted by Gasteiger charge is -1.97. The molecule has 0 aliphatic carbocycles. The SMILES string of the molecule is O=Cc1cnc(Sc2nccc(=O)[nH]2)nc1. The number of aromatic nitrogens is 4. The van der Waals surface area contributed by atoms with Crippen LogP contribution in [-0.4, -0.2) is 26.2 Å². The Kier molecular flexibility index (Phi) is 3.06. The molecule has 0 atom stereocenters. The van der Waals surface area contributed by atoms with Crippen molar-refractivity contribution in [1.82, 2.24) is 19.9 Å². The number of aldehydes is 1. The van der Waals surface area contributed by atoms with Gasteiger partial charge in [0.1, 0.15) is 0 Å². The van der Waals surface area contributed by atoms with Gasteiger partial charge in [0, 0.05) is 24.7 Å². The summed E-state index contributed by atoms with van der Waals surface area (Å²) in [4.78, 5) is 35.7. The van der Waals surface area contributed by atoms with Gasteiger partial charge in [-0.3, -0.25) is 9.59 Å². The van der Waals surface area contributed by atoms with E-state index in [-0.39, 0.29) is 5.56 Å². The van der Waals surface area contributed by atoms with E-state index >= 15 is 0 Å². The van der Waals surface area contributed by atoms with E-state index in [1.54, 1.807) is 0 Å². The van der Waals surface area contributed by atoms with Gasteiger partial charge in [-0.2, -0.15) is 0 Å². The van der Waals surface area contributed by atoms with E-state index in [9.17, 15) is 9.59 Å². The first-order chi connectivity index (χ1) is 7.78. The van der Waals surface area contributed by atoms with Crippen molar-refractivity contribution < 1.29 is 4.79 Å². The van der Waals surface area contributed by atoms with Crippen LogP contribution in [0.1, 0.15) is 10.4 Å². The van der Waals surface area contributed by atoms with Crippen LogP contribution >= 0.6 is 11.8 Å². The van der Waals surface area contributed by atoms with Crippen LogP contribution in [0.4, 0.5) is 0 Å². The highest BCUT2D eigenvalue weighted by atomic mass is 32.2. The second kappa shape index (κ2) is 4.67. The van der Waals surface area contributed by atoms with Crippen molar-refractivity contribution in [3.8, 4) is 0 Å². The van der Waals surface area contributed by atoms with Crippen LogP contribution in [0.3, 0.4) is 0 Å². The Bertz CT molecular complexity index is 552. The lowest BCUT2D eigenvalue weighted by Crippen LogP contribution is -2.05. The van der Waals surface area contributed by atoms with Gasteiger partial charge < -0.3 is 4.98 Å². The Morgan fingerprint density at radius 1 is 1.25 bits per heavy atom. The summed E-state index contributed by atoms with van der Waals surface area (Å²) in [5.41, 5.74) is 0.167. The average molecular weight is 234 g/mol. The number of rotatable bonds is 3. The summed E-state index contributed by atoms with van der Waals surface area (Å²) in [5, 5.41) is 0.825. The molecule has 0 amide bonds. The van der Waals surface area contributed by atoms with Gasteiger partial charge >= 0.3 is 0 Å². The predicted octanol–water partition coefficient (Wildman–Crippen LogP) is 0.524. The first kappa shape index (κ1) is 10.5. The number of carbonyl (C=O) groups is 1. The van der Waals surface area contributed by atoms with Crippen molar-refractivity contribution in [2.75, 3.05) is 0 Å². The minimum atomic E-state index is -0.234. The molecule has 2 rings (SSSR count). The third-order valence-corrected chi connectivity index (χ3v) is 2.41. The van der Waals surface area contributed by atoms with Crippen molar-refractivity contribution in [3.63, 3.8) is 0 Å². The van der Waals surface area contributed by atoms with E-state index in [1.165, 1.54) is 24.7 Å². The number of nitrogens with one attached hydrogen (secondary N) is 1. The summed E-state index contributed by atoms with van der Waals surface area (Å²) >= 11 is 1.12. The molecule has 0 radical (unpaired) electrons. The molecule has 0 aliphatic heterocycles. The standard InChI is InChI=1S/C9H6N4O2S/c14-5-6-3-11-8(12-4-6)16-9-10-2-1-7(15)13-9/h1-5H,(H,10,13,15). The van der Waals surface area contributed by atoms with Crippen molar-refractivity contribution in [3.05, 3.63) is 40.6 Å². The molecule has 2 aromatic heterocycles. The summed E-state index contributed by atoms with van der Waals surface area (Å²) < 4.78 is 0. The van der Waals surface area contributed by atoms with Gasteiger partial charge in [-0.25, -0.2) is 15.0 Å². The normalized spacial score (nSPS) is 10.0. The maximum absolute atomic E-state index is 11.0. The van der Waals surface area contributed by atoms with Crippen LogP contribution < -0.4 is 5.56 Å². The number of carbonyl (C=O) groups excluding carboxylic acids is 1. The average Bonchev–Trinajstić information content (AvgIpc) is 2.30. The van der Waals surface area contributed by atoms with Crippen LogP contribution in [0.15, 0.2) is 39.8 Å². The molecule has 7 heteroatoms. The molecule has 0 saturated heterocycles. The predicted molar refractivity (Wildman–Crippen MR) is 56.4 cm³/mol. The minimum absolute atomic E-state index is 0.234. The Hall–Kier alpha value is -2.02. The van der Waals surface area contributed by atoms with E-state index in [0.717, 1.165) is 11.8 Å². The third-order valence-electron chi connectivity index (χ3n) is 1.62. The Labute approximate surface area is 94.2 Å². The number of nitrogens with zero attached hydrogens (tertiary/aromatic N) is 3. The maximum atomic E-state index is 11.0. The van der Waals surface area contributed by atoms with E-state index in [4.69, 9.17) is 0 Å². The molecule has 0 spiro atoms. The van der Waals surface area contributed by atoms with Crippen LogP contribution in [-0.2, 0) is 0 Å². The summed E-state index contributed by atoms with van der Waals surface area (Å²) in [6.07, 6.45) is 4.88. The number of hydrogen-bond donors (Lipinski definition) is 1. The summed E-state index contributed by atoms with van der Waals surface area (Å²) in [7, 11) is 0. The van der Waals surface area contributed by atoms with Crippen LogP contribution in [0, 0.1) is 0 Å². The largest absolute Gasteiger partial charge is 0.301 e.